The molecule has 2 aromatic carbocycles. The van der Waals surface area contributed by atoms with Gasteiger partial charge in [0.05, 0.1) is 11.6 Å². The Balaban J connectivity index is 2.99. The minimum atomic E-state index is 0.448. The summed E-state index contributed by atoms with van der Waals surface area (Å²) in [5.74, 6) is 0. The number of fused-ring (bicyclic) bond motifs is 1. The number of nitriles is 1. The molecule has 0 unspecified atom stereocenters. The molecular weight excluding hydrogens is 220 g/mol. The first-order valence-electron chi connectivity index (χ1n) is 5.81. The Labute approximate surface area is 107 Å². The van der Waals surface area contributed by atoms with Gasteiger partial charge >= 0.3 is 0 Å². The van der Waals surface area contributed by atoms with Crippen molar-refractivity contribution in [1.29, 1.82) is 5.26 Å². The number of nitrogens with zero attached hydrogens (tertiary/aromatic N) is 1. The van der Waals surface area contributed by atoms with Crippen LogP contribution in [0.1, 0.15) is 11.1 Å². The minimum Gasteiger partial charge on any atom is -0.326 e. The molecule has 0 saturated heterocycles. The molecule has 18 heavy (non-hydrogen) atoms. The summed E-state index contributed by atoms with van der Waals surface area (Å²) < 4.78 is 0. The first-order chi connectivity index (χ1) is 8.86. The van der Waals surface area contributed by atoms with Crippen LogP contribution in [0.2, 0.25) is 0 Å². The van der Waals surface area contributed by atoms with Crippen LogP contribution in [0.3, 0.4) is 0 Å². The largest absolute Gasteiger partial charge is 0.326 e. The van der Waals surface area contributed by atoms with Gasteiger partial charge in [-0.05, 0) is 22.4 Å². The van der Waals surface area contributed by atoms with E-state index in [1.54, 1.807) is 0 Å². The van der Waals surface area contributed by atoms with Gasteiger partial charge in [0.1, 0.15) is 0 Å². The highest BCUT2D eigenvalue weighted by molar-refractivity contribution is 5.89. The molecule has 0 heterocycles. The highest BCUT2D eigenvalue weighted by Crippen LogP contribution is 2.18. The van der Waals surface area contributed by atoms with Gasteiger partial charge in [-0.15, -0.1) is 0 Å². The number of benzene rings is 1. The van der Waals surface area contributed by atoms with Gasteiger partial charge in [-0.25, -0.2) is 0 Å². The summed E-state index contributed by atoms with van der Waals surface area (Å²) in [5, 5.41) is 11.2. The van der Waals surface area contributed by atoms with Crippen LogP contribution in [0.15, 0.2) is 60.7 Å². The Bertz CT molecular complexity index is 652. The standard InChI is InChI=1S/C16H14N2/c17-11-13-7-3-1-2-4-8-14(12-18)16-10-6-5-9-15(13)16/h1-10H,11,17H2. The Morgan fingerprint density at radius 1 is 0.833 bits per heavy atom. The van der Waals surface area contributed by atoms with Crippen molar-refractivity contribution in [3.05, 3.63) is 71.8 Å². The predicted octanol–water partition coefficient (Wildman–Crippen LogP) is 3.29. The molecule has 0 bridgehead atoms. The third-order valence-electron chi connectivity index (χ3n) is 2.80. The number of hydrogen-bond donors (Lipinski definition) is 1. The van der Waals surface area contributed by atoms with Crippen LogP contribution >= 0.6 is 0 Å². The predicted molar refractivity (Wildman–Crippen MR) is 74.2 cm³/mol. The van der Waals surface area contributed by atoms with E-state index in [4.69, 9.17) is 5.73 Å². The molecule has 0 aromatic heterocycles. The first-order valence-corrected chi connectivity index (χ1v) is 5.81. The highest BCUT2D eigenvalue weighted by atomic mass is 14.5. The van der Waals surface area contributed by atoms with Crippen molar-refractivity contribution in [1.82, 2.24) is 0 Å². The molecule has 2 aromatic rings. The maximum absolute atomic E-state index is 9.25. The highest BCUT2D eigenvalue weighted by Gasteiger charge is 1.99. The van der Waals surface area contributed by atoms with Gasteiger partial charge in [0.25, 0.3) is 0 Å². The lowest BCUT2D eigenvalue weighted by molar-refractivity contribution is 1.09. The molecule has 0 fully saturated rings. The Morgan fingerprint density at radius 2 is 1.44 bits per heavy atom. The van der Waals surface area contributed by atoms with E-state index in [1.807, 2.05) is 60.7 Å². The van der Waals surface area contributed by atoms with Crippen LogP contribution in [-0.4, -0.2) is 0 Å². The van der Waals surface area contributed by atoms with Crippen LogP contribution in [0.5, 0.6) is 0 Å². The summed E-state index contributed by atoms with van der Waals surface area (Å²) in [7, 11) is 0. The molecular formula is C16H14N2. The molecule has 0 amide bonds. The topological polar surface area (TPSA) is 49.8 Å². The summed E-state index contributed by atoms with van der Waals surface area (Å²) in [5.41, 5.74) is 7.47. The molecule has 2 nitrogen and oxygen atoms in total. The van der Waals surface area contributed by atoms with Crippen LogP contribution in [0, 0.1) is 11.3 Å². The van der Waals surface area contributed by atoms with E-state index in [2.05, 4.69) is 6.07 Å². The van der Waals surface area contributed by atoms with E-state index >= 15 is 0 Å². The quantitative estimate of drug-likeness (QED) is 0.823. The zero-order valence-electron chi connectivity index (χ0n) is 10.0. The molecule has 0 saturated carbocycles. The van der Waals surface area contributed by atoms with Crippen LogP contribution in [0.4, 0.5) is 0 Å². The van der Waals surface area contributed by atoms with Crippen LogP contribution in [0.25, 0.3) is 10.8 Å². The first kappa shape index (κ1) is 12.1. The SMILES string of the molecule is N#Cc1ccccccc(CN)c2ccccc12. The molecule has 0 aliphatic heterocycles. The van der Waals surface area contributed by atoms with Crippen molar-refractivity contribution in [3.63, 3.8) is 0 Å². The normalized spacial score (nSPS) is 9.56. The second-order valence-electron chi connectivity index (χ2n) is 3.90. The van der Waals surface area contributed by atoms with Crippen molar-refractivity contribution in [2.45, 2.75) is 6.54 Å². The number of hydrogen-bond acceptors (Lipinski definition) is 2. The van der Waals surface area contributed by atoms with Gasteiger partial charge in [0, 0.05) is 6.54 Å². The minimum absolute atomic E-state index is 0.448. The van der Waals surface area contributed by atoms with E-state index < -0.39 is 0 Å². The Morgan fingerprint density at radius 3 is 2.11 bits per heavy atom. The summed E-state index contributed by atoms with van der Waals surface area (Å²) in [6, 6.07) is 21.5. The zero-order chi connectivity index (χ0) is 12.8. The van der Waals surface area contributed by atoms with Crippen molar-refractivity contribution in [2.75, 3.05) is 0 Å². The summed E-state index contributed by atoms with van der Waals surface area (Å²) in [6.07, 6.45) is 0. The molecule has 2 rings (SSSR count). The van der Waals surface area contributed by atoms with Crippen LogP contribution in [-0.2, 0) is 6.54 Å². The molecule has 0 spiro atoms. The van der Waals surface area contributed by atoms with Gasteiger partial charge in [-0.1, -0.05) is 54.6 Å². The Kier molecular flexibility index (Phi) is 3.90. The van der Waals surface area contributed by atoms with Gasteiger partial charge < -0.3 is 5.73 Å². The molecule has 0 aliphatic carbocycles. The van der Waals surface area contributed by atoms with E-state index in [0.29, 0.717) is 12.1 Å². The fourth-order valence-electron chi connectivity index (χ4n) is 1.90. The monoisotopic (exact) mass is 234 g/mol. The van der Waals surface area contributed by atoms with Gasteiger partial charge in [0.2, 0.25) is 0 Å². The molecule has 0 radical (unpaired) electrons. The average molecular weight is 234 g/mol. The number of rotatable bonds is 1. The summed E-state index contributed by atoms with van der Waals surface area (Å²) in [4.78, 5) is 0. The summed E-state index contributed by atoms with van der Waals surface area (Å²) in [6.45, 7) is 0.448. The smallest absolute Gasteiger partial charge is 0.0998 e. The van der Waals surface area contributed by atoms with Crippen molar-refractivity contribution in [2.24, 2.45) is 5.73 Å². The van der Waals surface area contributed by atoms with E-state index in [-0.39, 0.29) is 0 Å². The van der Waals surface area contributed by atoms with Crippen molar-refractivity contribution in [3.8, 4) is 6.07 Å². The molecule has 2 heteroatoms. The molecule has 2 N–H and O–H groups in total. The fourth-order valence-corrected chi connectivity index (χ4v) is 1.90. The lowest BCUT2D eigenvalue weighted by Gasteiger charge is -2.01. The Hall–Kier alpha value is -2.37. The second-order valence-corrected chi connectivity index (χ2v) is 3.90. The van der Waals surface area contributed by atoms with E-state index in [0.717, 1.165) is 16.3 Å². The lowest BCUT2D eigenvalue weighted by atomic mass is 10.0. The van der Waals surface area contributed by atoms with E-state index in [9.17, 15) is 5.26 Å². The van der Waals surface area contributed by atoms with Gasteiger partial charge in [0.15, 0.2) is 0 Å². The third-order valence-corrected chi connectivity index (χ3v) is 2.80. The molecule has 0 atom stereocenters. The average Bonchev–Trinajstić information content (AvgIpc) is 2.43. The second kappa shape index (κ2) is 5.81. The maximum Gasteiger partial charge on any atom is 0.0998 e. The third kappa shape index (κ3) is 2.48. The zero-order valence-corrected chi connectivity index (χ0v) is 10.0. The van der Waals surface area contributed by atoms with E-state index in [1.165, 1.54) is 0 Å². The summed E-state index contributed by atoms with van der Waals surface area (Å²) >= 11 is 0. The van der Waals surface area contributed by atoms with Gasteiger partial charge in [-0.3, -0.25) is 0 Å². The molecule has 0 aliphatic rings. The molecule has 88 valence electrons. The van der Waals surface area contributed by atoms with Crippen molar-refractivity contribution < 1.29 is 0 Å². The van der Waals surface area contributed by atoms with Crippen molar-refractivity contribution >= 4 is 10.8 Å². The fraction of sp³-hybridized carbons (Fsp3) is 0.0625. The van der Waals surface area contributed by atoms with Gasteiger partial charge in [-0.2, -0.15) is 5.26 Å². The number of nitrogens with two attached hydrogens (primary N) is 1. The van der Waals surface area contributed by atoms with Crippen LogP contribution < -0.4 is 5.73 Å². The maximum atomic E-state index is 9.25. The lowest BCUT2D eigenvalue weighted by Crippen LogP contribution is -1.96.